The Hall–Kier alpha value is -2.88. The molecule has 0 atom stereocenters. The summed E-state index contributed by atoms with van der Waals surface area (Å²) >= 11 is 0. The fourth-order valence-electron chi connectivity index (χ4n) is 2.03. The van der Waals surface area contributed by atoms with Crippen molar-refractivity contribution >= 4 is 5.65 Å². The normalized spacial score (nSPS) is 11.5. The molecule has 21 heavy (non-hydrogen) atoms. The van der Waals surface area contributed by atoms with Gasteiger partial charge in [-0.05, 0) is 24.3 Å². The van der Waals surface area contributed by atoms with E-state index in [-0.39, 0.29) is 11.3 Å². The van der Waals surface area contributed by atoms with E-state index in [2.05, 4.69) is 9.97 Å². The largest absolute Gasteiger partial charge is 0.417 e. The van der Waals surface area contributed by atoms with Crippen molar-refractivity contribution in [2.24, 2.45) is 0 Å². The van der Waals surface area contributed by atoms with Gasteiger partial charge in [0.2, 0.25) is 0 Å². The molecule has 0 N–H and O–H groups in total. The van der Waals surface area contributed by atoms with Crippen molar-refractivity contribution < 1.29 is 13.2 Å². The Kier molecular flexibility index (Phi) is 2.87. The Bertz CT molecular complexity index is 844. The van der Waals surface area contributed by atoms with Crippen molar-refractivity contribution in [2.45, 2.75) is 6.18 Å². The van der Waals surface area contributed by atoms with Gasteiger partial charge in [-0.2, -0.15) is 18.4 Å². The van der Waals surface area contributed by atoms with E-state index in [9.17, 15) is 18.4 Å². The third-order valence-corrected chi connectivity index (χ3v) is 3.01. The van der Waals surface area contributed by atoms with E-state index in [0.29, 0.717) is 11.3 Å². The molecule has 0 unspecified atom stereocenters. The zero-order chi connectivity index (χ0) is 15.0. The summed E-state index contributed by atoms with van der Waals surface area (Å²) in [5.74, 6) is 0. The Morgan fingerprint density at radius 2 is 1.81 bits per heavy atom. The summed E-state index contributed by atoms with van der Waals surface area (Å²) in [6.45, 7) is 0. The van der Waals surface area contributed by atoms with E-state index in [1.165, 1.54) is 18.5 Å². The van der Waals surface area contributed by atoms with E-state index >= 15 is 0 Å². The first kappa shape index (κ1) is 13.1. The molecule has 0 saturated heterocycles. The third kappa shape index (κ3) is 2.21. The van der Waals surface area contributed by atoms with Gasteiger partial charge in [-0.3, -0.25) is 9.38 Å². The average Bonchev–Trinajstić information content (AvgIpc) is 2.84. The van der Waals surface area contributed by atoms with Crippen molar-refractivity contribution in [3.63, 3.8) is 0 Å². The van der Waals surface area contributed by atoms with Gasteiger partial charge in [0, 0.05) is 24.2 Å². The highest BCUT2D eigenvalue weighted by Gasteiger charge is 2.31. The molecule has 0 aromatic carbocycles. The summed E-state index contributed by atoms with van der Waals surface area (Å²) in [6, 6.07) is 7.39. The third-order valence-electron chi connectivity index (χ3n) is 3.01. The lowest BCUT2D eigenvalue weighted by Crippen LogP contribution is -2.06. The molecule has 0 bridgehead atoms. The highest BCUT2D eigenvalue weighted by molar-refractivity contribution is 5.69. The van der Waals surface area contributed by atoms with Crippen LogP contribution in [-0.2, 0) is 6.18 Å². The van der Waals surface area contributed by atoms with Gasteiger partial charge in [0.15, 0.2) is 5.69 Å². The monoisotopic (exact) mass is 288 g/mol. The van der Waals surface area contributed by atoms with Gasteiger partial charge in [0.1, 0.15) is 17.4 Å². The highest BCUT2D eigenvalue weighted by atomic mass is 19.4. The van der Waals surface area contributed by atoms with Crippen molar-refractivity contribution in [1.29, 1.82) is 5.26 Å². The lowest BCUT2D eigenvalue weighted by atomic mass is 10.1. The summed E-state index contributed by atoms with van der Waals surface area (Å²) < 4.78 is 39.4. The number of imidazole rings is 1. The second-order valence-corrected chi connectivity index (χ2v) is 4.30. The van der Waals surface area contributed by atoms with Crippen LogP contribution in [0, 0.1) is 11.3 Å². The van der Waals surface area contributed by atoms with Crippen molar-refractivity contribution in [3.05, 3.63) is 54.1 Å². The van der Waals surface area contributed by atoms with Gasteiger partial charge in [-0.15, -0.1) is 0 Å². The molecule has 3 heterocycles. The predicted octanol–water partition coefficient (Wildman–Crippen LogP) is 3.29. The second kappa shape index (κ2) is 4.59. The van der Waals surface area contributed by atoms with E-state index in [0.717, 1.165) is 16.7 Å². The fourth-order valence-corrected chi connectivity index (χ4v) is 2.03. The number of hydrogen-bond donors (Lipinski definition) is 0. The first-order valence-electron chi connectivity index (χ1n) is 5.90. The molecule has 3 aromatic heterocycles. The highest BCUT2D eigenvalue weighted by Crippen LogP contribution is 2.31. The van der Waals surface area contributed by atoms with Crippen LogP contribution in [0.4, 0.5) is 13.2 Å². The molecule has 0 aliphatic heterocycles. The van der Waals surface area contributed by atoms with Crippen LogP contribution in [0.15, 0.2) is 42.9 Å². The van der Waals surface area contributed by atoms with Crippen LogP contribution < -0.4 is 0 Å². The van der Waals surface area contributed by atoms with Gasteiger partial charge in [0.05, 0.1) is 5.56 Å². The molecule has 0 spiro atoms. The molecule has 4 nitrogen and oxygen atoms in total. The first-order valence-corrected chi connectivity index (χ1v) is 5.90. The number of fused-ring (bicyclic) bond motifs is 1. The smallest absolute Gasteiger partial charge is 0.290 e. The van der Waals surface area contributed by atoms with Crippen molar-refractivity contribution in [1.82, 2.24) is 14.4 Å². The molecule has 104 valence electrons. The zero-order valence-electron chi connectivity index (χ0n) is 10.5. The number of alkyl halides is 3. The Balaban J connectivity index is 2.28. The predicted molar refractivity (Wildman–Crippen MR) is 68.1 cm³/mol. The summed E-state index contributed by atoms with van der Waals surface area (Å²) in [4.78, 5) is 8.08. The molecule has 0 amide bonds. The lowest BCUT2D eigenvalue weighted by molar-refractivity contribution is -0.137. The number of pyridine rings is 2. The SMILES string of the molecule is N#Cc1c(-c2ccncc2)nc2ccc(C(F)(F)F)cn12. The maximum absolute atomic E-state index is 12.8. The Morgan fingerprint density at radius 1 is 1.10 bits per heavy atom. The minimum Gasteiger partial charge on any atom is -0.290 e. The van der Waals surface area contributed by atoms with Gasteiger partial charge in [-0.1, -0.05) is 0 Å². The molecule has 0 aliphatic carbocycles. The lowest BCUT2D eigenvalue weighted by Gasteiger charge is -2.06. The van der Waals surface area contributed by atoms with E-state index in [4.69, 9.17) is 0 Å². The van der Waals surface area contributed by atoms with Crippen LogP contribution in [0.2, 0.25) is 0 Å². The van der Waals surface area contributed by atoms with Gasteiger partial charge in [0.25, 0.3) is 0 Å². The first-order chi connectivity index (χ1) is 10.0. The Labute approximate surface area is 117 Å². The topological polar surface area (TPSA) is 54.0 Å². The quantitative estimate of drug-likeness (QED) is 0.690. The van der Waals surface area contributed by atoms with Crippen LogP contribution in [0.5, 0.6) is 0 Å². The minimum atomic E-state index is -4.47. The molecule has 0 saturated carbocycles. The second-order valence-electron chi connectivity index (χ2n) is 4.30. The Morgan fingerprint density at radius 3 is 2.43 bits per heavy atom. The molecule has 3 rings (SSSR count). The zero-order valence-corrected chi connectivity index (χ0v) is 10.5. The summed E-state index contributed by atoms with van der Waals surface area (Å²) in [7, 11) is 0. The van der Waals surface area contributed by atoms with Crippen LogP contribution in [-0.4, -0.2) is 14.4 Å². The number of aromatic nitrogens is 3. The summed E-state index contributed by atoms with van der Waals surface area (Å²) in [5.41, 5.74) is 0.469. The molecule has 7 heteroatoms. The summed E-state index contributed by atoms with van der Waals surface area (Å²) in [5, 5.41) is 9.25. The number of nitrogens with zero attached hydrogens (tertiary/aromatic N) is 4. The van der Waals surface area contributed by atoms with Crippen LogP contribution in [0.1, 0.15) is 11.3 Å². The number of halogens is 3. The van der Waals surface area contributed by atoms with Crippen LogP contribution in [0.25, 0.3) is 16.9 Å². The molecular weight excluding hydrogens is 281 g/mol. The van der Waals surface area contributed by atoms with Crippen LogP contribution >= 0.6 is 0 Å². The van der Waals surface area contributed by atoms with Crippen molar-refractivity contribution in [2.75, 3.05) is 0 Å². The van der Waals surface area contributed by atoms with Gasteiger partial charge >= 0.3 is 6.18 Å². The number of rotatable bonds is 1. The summed E-state index contributed by atoms with van der Waals surface area (Å²) in [6.07, 6.45) is -0.531. The molecule has 0 fully saturated rings. The number of hydrogen-bond acceptors (Lipinski definition) is 3. The maximum Gasteiger partial charge on any atom is 0.417 e. The average molecular weight is 288 g/mol. The molecule has 0 aliphatic rings. The van der Waals surface area contributed by atoms with Gasteiger partial charge in [-0.25, -0.2) is 4.98 Å². The molecule has 0 radical (unpaired) electrons. The van der Waals surface area contributed by atoms with E-state index in [1.807, 2.05) is 6.07 Å². The number of nitriles is 1. The van der Waals surface area contributed by atoms with Crippen LogP contribution in [0.3, 0.4) is 0 Å². The minimum absolute atomic E-state index is 0.0577. The molecule has 3 aromatic rings. The standard InChI is InChI=1S/C14H7F3N4/c15-14(16,17)10-1-2-12-20-13(9-3-5-19-6-4-9)11(7-18)21(12)8-10/h1-6,8H. The molecular formula is C14H7F3N4. The van der Waals surface area contributed by atoms with E-state index < -0.39 is 11.7 Å². The van der Waals surface area contributed by atoms with Crippen molar-refractivity contribution in [3.8, 4) is 17.3 Å². The maximum atomic E-state index is 12.8. The fraction of sp³-hybridized carbons (Fsp3) is 0.0714. The van der Waals surface area contributed by atoms with E-state index in [1.54, 1.807) is 12.1 Å². The van der Waals surface area contributed by atoms with Gasteiger partial charge < -0.3 is 0 Å².